The van der Waals surface area contributed by atoms with Crippen molar-refractivity contribution in [2.75, 3.05) is 31.5 Å². The van der Waals surface area contributed by atoms with Crippen LogP contribution in [0.1, 0.15) is 17.4 Å². The second kappa shape index (κ2) is 7.47. The number of piperazine rings is 1. The number of carbonyl (C=O) groups is 2. The second-order valence-electron chi connectivity index (χ2n) is 5.95. The van der Waals surface area contributed by atoms with Crippen molar-refractivity contribution in [2.45, 2.75) is 6.92 Å². The van der Waals surface area contributed by atoms with Gasteiger partial charge in [0.15, 0.2) is 0 Å². The molecule has 26 heavy (non-hydrogen) atoms. The Balaban J connectivity index is 1.66. The maximum atomic E-state index is 13.7. The fraction of sp³-hybridized carbons (Fsp3) is 0.278. The summed E-state index contributed by atoms with van der Waals surface area (Å²) in [5.41, 5.74) is 0.335. The molecule has 1 aromatic heterocycles. The summed E-state index contributed by atoms with van der Waals surface area (Å²) in [4.78, 5) is 31.2. The maximum absolute atomic E-state index is 13.7. The minimum Gasteiger partial charge on any atom is -0.349 e. The number of rotatable bonds is 3. The van der Waals surface area contributed by atoms with Crippen LogP contribution in [-0.4, -0.2) is 52.8 Å². The monoisotopic (exact) mass is 360 g/mol. The highest BCUT2D eigenvalue weighted by atomic mass is 19.1. The van der Waals surface area contributed by atoms with E-state index in [1.807, 2.05) is 0 Å². The third kappa shape index (κ3) is 3.79. The van der Waals surface area contributed by atoms with Crippen molar-refractivity contribution < 1.29 is 18.4 Å². The van der Waals surface area contributed by atoms with Gasteiger partial charge in [-0.2, -0.15) is 0 Å². The van der Waals surface area contributed by atoms with E-state index >= 15 is 0 Å². The van der Waals surface area contributed by atoms with Gasteiger partial charge in [-0.1, -0.05) is 6.07 Å². The molecule has 0 aliphatic carbocycles. The highest BCUT2D eigenvalue weighted by Gasteiger charge is 2.23. The zero-order chi connectivity index (χ0) is 18.7. The molecule has 1 N–H and O–H groups in total. The largest absolute Gasteiger partial charge is 0.349 e. The smallest absolute Gasteiger partial charge is 0.272 e. The van der Waals surface area contributed by atoms with Crippen molar-refractivity contribution in [1.82, 2.24) is 14.8 Å². The molecule has 1 aromatic carbocycles. The van der Waals surface area contributed by atoms with Crippen LogP contribution in [0.5, 0.6) is 0 Å². The molecule has 136 valence electrons. The fourth-order valence-corrected chi connectivity index (χ4v) is 2.74. The van der Waals surface area contributed by atoms with Gasteiger partial charge in [-0.05, 0) is 24.3 Å². The van der Waals surface area contributed by atoms with Gasteiger partial charge in [-0.15, -0.1) is 0 Å². The van der Waals surface area contributed by atoms with Crippen LogP contribution in [-0.2, 0) is 4.79 Å². The van der Waals surface area contributed by atoms with Crippen molar-refractivity contribution in [3.8, 4) is 0 Å². The number of hydrogen-bond donors (Lipinski definition) is 1. The van der Waals surface area contributed by atoms with Crippen molar-refractivity contribution in [3.63, 3.8) is 0 Å². The third-order valence-electron chi connectivity index (χ3n) is 4.23. The first-order chi connectivity index (χ1) is 12.5. The van der Waals surface area contributed by atoms with Gasteiger partial charge < -0.3 is 15.1 Å². The van der Waals surface area contributed by atoms with Gasteiger partial charge in [0.05, 0.1) is 11.9 Å². The molecule has 1 aliphatic heterocycles. The van der Waals surface area contributed by atoms with Gasteiger partial charge in [0.25, 0.3) is 5.91 Å². The molecular formula is C18H18F2N4O2. The molecular weight excluding hydrogens is 342 g/mol. The van der Waals surface area contributed by atoms with E-state index in [1.54, 1.807) is 9.80 Å². The number of benzene rings is 1. The first-order valence-electron chi connectivity index (χ1n) is 8.17. The van der Waals surface area contributed by atoms with E-state index in [0.717, 1.165) is 12.1 Å². The summed E-state index contributed by atoms with van der Waals surface area (Å²) in [7, 11) is 0. The lowest BCUT2D eigenvalue weighted by Gasteiger charge is -2.34. The second-order valence-corrected chi connectivity index (χ2v) is 5.95. The molecule has 8 heteroatoms. The highest BCUT2D eigenvalue weighted by molar-refractivity contribution is 5.92. The van der Waals surface area contributed by atoms with E-state index in [4.69, 9.17) is 0 Å². The normalized spacial score (nSPS) is 14.3. The number of nitrogens with zero attached hydrogens (tertiary/aromatic N) is 3. The molecule has 1 fully saturated rings. The van der Waals surface area contributed by atoms with Crippen LogP contribution < -0.4 is 5.32 Å². The Bertz CT molecular complexity index is 798. The van der Waals surface area contributed by atoms with E-state index < -0.39 is 11.6 Å². The zero-order valence-electron chi connectivity index (χ0n) is 14.2. The van der Waals surface area contributed by atoms with E-state index in [1.165, 1.54) is 31.3 Å². The minimum absolute atomic E-state index is 0.00831. The Labute approximate surface area is 149 Å². The molecule has 0 unspecified atom stereocenters. The highest BCUT2D eigenvalue weighted by Crippen LogP contribution is 2.22. The lowest BCUT2D eigenvalue weighted by molar-refractivity contribution is -0.130. The van der Waals surface area contributed by atoms with Gasteiger partial charge in [-0.25, -0.2) is 13.8 Å². The molecule has 0 radical (unpaired) electrons. The maximum Gasteiger partial charge on any atom is 0.272 e. The van der Waals surface area contributed by atoms with Crippen LogP contribution in [0.2, 0.25) is 0 Å². The number of hydrogen-bond acceptors (Lipinski definition) is 4. The summed E-state index contributed by atoms with van der Waals surface area (Å²) in [6.07, 6.45) is 1.35. The van der Waals surface area contributed by atoms with Gasteiger partial charge in [0.2, 0.25) is 5.91 Å². The van der Waals surface area contributed by atoms with Crippen LogP contribution in [0.25, 0.3) is 0 Å². The predicted molar refractivity (Wildman–Crippen MR) is 92.0 cm³/mol. The Morgan fingerprint density at radius 1 is 1.00 bits per heavy atom. The standard InChI is InChI=1S/C18H18F2N4O2/c1-12(25)23-7-9-24(10-8-23)18(26)16-6-5-13(11-21-16)22-17-14(19)3-2-4-15(17)20/h2-6,11,22H,7-10H2,1H3. The van der Waals surface area contributed by atoms with Crippen molar-refractivity contribution in [2.24, 2.45) is 0 Å². The van der Waals surface area contributed by atoms with Gasteiger partial charge in [-0.3, -0.25) is 9.59 Å². The lowest BCUT2D eigenvalue weighted by Crippen LogP contribution is -2.50. The Kier molecular flexibility index (Phi) is 5.11. The molecule has 1 saturated heterocycles. The van der Waals surface area contributed by atoms with Crippen molar-refractivity contribution in [3.05, 3.63) is 53.9 Å². The van der Waals surface area contributed by atoms with E-state index in [2.05, 4.69) is 10.3 Å². The molecule has 0 spiro atoms. The minimum atomic E-state index is -0.714. The van der Waals surface area contributed by atoms with Crippen molar-refractivity contribution >= 4 is 23.2 Å². The summed E-state index contributed by atoms with van der Waals surface area (Å²) in [5.74, 6) is -1.68. The number of aromatic nitrogens is 1. The average Bonchev–Trinajstić information content (AvgIpc) is 2.65. The topological polar surface area (TPSA) is 65.5 Å². The first-order valence-corrected chi connectivity index (χ1v) is 8.17. The number of anilines is 2. The molecule has 2 heterocycles. The number of amides is 2. The zero-order valence-corrected chi connectivity index (χ0v) is 14.2. The molecule has 6 nitrogen and oxygen atoms in total. The van der Waals surface area contributed by atoms with Gasteiger partial charge in [0, 0.05) is 33.1 Å². The summed E-state index contributed by atoms with van der Waals surface area (Å²) >= 11 is 0. The summed E-state index contributed by atoms with van der Waals surface area (Å²) < 4.78 is 27.3. The third-order valence-corrected chi connectivity index (χ3v) is 4.23. The molecule has 0 saturated carbocycles. The van der Waals surface area contributed by atoms with Crippen LogP contribution in [0, 0.1) is 11.6 Å². The number of carbonyl (C=O) groups excluding carboxylic acids is 2. The van der Waals surface area contributed by atoms with E-state index in [-0.39, 0.29) is 23.2 Å². The fourth-order valence-electron chi connectivity index (χ4n) is 2.74. The van der Waals surface area contributed by atoms with Crippen LogP contribution >= 0.6 is 0 Å². The summed E-state index contributed by atoms with van der Waals surface area (Å²) in [5, 5.41) is 2.62. The quantitative estimate of drug-likeness (QED) is 0.913. The van der Waals surface area contributed by atoms with Crippen LogP contribution in [0.3, 0.4) is 0 Å². The van der Waals surface area contributed by atoms with E-state index in [0.29, 0.717) is 31.9 Å². The Hall–Kier alpha value is -3.03. The number of para-hydroxylation sites is 1. The Morgan fingerprint density at radius 2 is 1.62 bits per heavy atom. The number of pyridine rings is 1. The van der Waals surface area contributed by atoms with E-state index in [9.17, 15) is 18.4 Å². The number of halogens is 2. The predicted octanol–water partition coefficient (Wildman–Crippen LogP) is 2.41. The summed E-state index contributed by atoms with van der Waals surface area (Å²) in [6, 6.07) is 6.62. The lowest BCUT2D eigenvalue weighted by atomic mass is 10.2. The van der Waals surface area contributed by atoms with Crippen LogP contribution in [0.15, 0.2) is 36.5 Å². The van der Waals surface area contributed by atoms with Crippen molar-refractivity contribution in [1.29, 1.82) is 0 Å². The van der Waals surface area contributed by atoms with Crippen LogP contribution in [0.4, 0.5) is 20.2 Å². The number of nitrogens with one attached hydrogen (secondary N) is 1. The summed E-state index contributed by atoms with van der Waals surface area (Å²) in [6.45, 7) is 3.38. The molecule has 3 rings (SSSR count). The Morgan fingerprint density at radius 3 is 2.15 bits per heavy atom. The molecule has 0 atom stereocenters. The molecule has 0 bridgehead atoms. The van der Waals surface area contributed by atoms with Gasteiger partial charge in [0.1, 0.15) is 23.0 Å². The molecule has 2 aromatic rings. The van der Waals surface area contributed by atoms with Gasteiger partial charge >= 0.3 is 0 Å². The first kappa shape index (κ1) is 17.8. The molecule has 2 amide bonds. The molecule has 1 aliphatic rings. The average molecular weight is 360 g/mol. The SMILES string of the molecule is CC(=O)N1CCN(C(=O)c2ccc(Nc3c(F)cccc3F)cn2)CC1.